The highest BCUT2D eigenvalue weighted by Gasteiger charge is 2.33. The van der Waals surface area contributed by atoms with Crippen molar-refractivity contribution in [1.82, 2.24) is 14.8 Å². The van der Waals surface area contributed by atoms with Gasteiger partial charge in [0.15, 0.2) is 0 Å². The number of ether oxygens (including phenoxy) is 2. The lowest BCUT2D eigenvalue weighted by Gasteiger charge is -2.29. The molecule has 0 unspecified atom stereocenters. The third kappa shape index (κ3) is 4.63. The Kier molecular flexibility index (Phi) is 6.60. The lowest BCUT2D eigenvalue weighted by Crippen LogP contribution is -2.31. The molecule has 0 spiro atoms. The summed E-state index contributed by atoms with van der Waals surface area (Å²) >= 11 is 6.24. The summed E-state index contributed by atoms with van der Waals surface area (Å²) in [6.07, 6.45) is 1.46. The van der Waals surface area contributed by atoms with Crippen molar-refractivity contribution >= 4 is 29.1 Å². The van der Waals surface area contributed by atoms with E-state index in [-0.39, 0.29) is 5.91 Å². The van der Waals surface area contributed by atoms with E-state index >= 15 is 0 Å². The SMILES string of the molecule is COc1ccccc1NC(=O)C1=C(C)Nc2ncnn2[C@@H]1c1ccc(OCc2ccccc2Cl)cc1. The van der Waals surface area contributed by atoms with E-state index in [1.54, 1.807) is 23.9 Å². The number of carbonyl (C=O) groups is 1. The first-order valence-corrected chi connectivity index (χ1v) is 11.7. The number of fused-ring (bicyclic) bond motifs is 1. The molecule has 3 aromatic carbocycles. The highest BCUT2D eigenvalue weighted by molar-refractivity contribution is 6.31. The standard InChI is InChI=1S/C27H24ClN5O3/c1-17-24(26(34)32-22-9-5-6-10-23(22)35-2)25(33-27(31-17)29-16-30-33)18-11-13-20(14-12-18)36-15-19-7-3-4-8-21(19)28/h3-14,16,25H,15H2,1-2H3,(H,32,34)(H,29,30,31)/t25-/m1/s1. The molecule has 1 atom stereocenters. The average molecular weight is 502 g/mol. The Bertz CT molecular complexity index is 1430. The van der Waals surface area contributed by atoms with Crippen LogP contribution in [0.4, 0.5) is 11.6 Å². The summed E-state index contributed by atoms with van der Waals surface area (Å²) in [5.74, 6) is 1.55. The molecule has 2 heterocycles. The zero-order valence-corrected chi connectivity index (χ0v) is 20.5. The minimum absolute atomic E-state index is 0.269. The minimum Gasteiger partial charge on any atom is -0.495 e. The van der Waals surface area contributed by atoms with Gasteiger partial charge in [0.05, 0.1) is 18.4 Å². The van der Waals surface area contributed by atoms with E-state index in [0.29, 0.717) is 46.0 Å². The van der Waals surface area contributed by atoms with Gasteiger partial charge >= 0.3 is 0 Å². The molecule has 2 N–H and O–H groups in total. The number of methoxy groups -OCH3 is 1. The lowest BCUT2D eigenvalue weighted by molar-refractivity contribution is -0.113. The van der Waals surface area contributed by atoms with Crippen LogP contribution in [0.5, 0.6) is 11.5 Å². The van der Waals surface area contributed by atoms with Crippen LogP contribution in [-0.2, 0) is 11.4 Å². The predicted octanol–water partition coefficient (Wildman–Crippen LogP) is 5.45. The number of aromatic nitrogens is 3. The molecule has 0 aliphatic carbocycles. The first-order valence-electron chi connectivity index (χ1n) is 11.3. The number of hydrogen-bond acceptors (Lipinski definition) is 6. The van der Waals surface area contributed by atoms with E-state index in [4.69, 9.17) is 21.1 Å². The van der Waals surface area contributed by atoms with Crippen LogP contribution in [0.3, 0.4) is 0 Å². The van der Waals surface area contributed by atoms with Crippen molar-refractivity contribution in [3.8, 4) is 11.5 Å². The molecule has 182 valence electrons. The summed E-state index contributed by atoms with van der Waals surface area (Å²) in [5, 5.41) is 11.2. The largest absolute Gasteiger partial charge is 0.495 e. The molecule has 1 aromatic heterocycles. The van der Waals surface area contributed by atoms with Gasteiger partial charge in [-0.25, -0.2) is 4.68 Å². The van der Waals surface area contributed by atoms with E-state index in [1.807, 2.05) is 67.6 Å². The van der Waals surface area contributed by atoms with E-state index < -0.39 is 6.04 Å². The Labute approximate surface area is 213 Å². The maximum atomic E-state index is 13.6. The summed E-state index contributed by atoms with van der Waals surface area (Å²) in [5.41, 5.74) is 3.55. The second kappa shape index (κ2) is 10.1. The van der Waals surface area contributed by atoms with Crippen LogP contribution in [0.15, 0.2) is 90.4 Å². The zero-order chi connectivity index (χ0) is 25.1. The summed E-state index contributed by atoms with van der Waals surface area (Å²) < 4.78 is 13.0. The highest BCUT2D eigenvalue weighted by atomic mass is 35.5. The lowest BCUT2D eigenvalue weighted by atomic mass is 9.95. The van der Waals surface area contributed by atoms with Gasteiger partial charge in [-0.1, -0.05) is 54.1 Å². The molecule has 0 bridgehead atoms. The van der Waals surface area contributed by atoms with Crippen molar-refractivity contribution in [2.75, 3.05) is 17.7 Å². The topological polar surface area (TPSA) is 90.3 Å². The van der Waals surface area contributed by atoms with Gasteiger partial charge in [-0.15, -0.1) is 0 Å². The summed E-state index contributed by atoms with van der Waals surface area (Å²) in [6, 6.07) is 22.0. The number of nitrogens with zero attached hydrogens (tertiary/aromatic N) is 3. The molecule has 4 aromatic rings. The minimum atomic E-state index is -0.490. The van der Waals surface area contributed by atoms with Crippen molar-refractivity contribution in [2.24, 2.45) is 0 Å². The summed E-state index contributed by atoms with van der Waals surface area (Å²) in [7, 11) is 1.57. The summed E-state index contributed by atoms with van der Waals surface area (Å²) in [4.78, 5) is 17.9. The number of benzene rings is 3. The fourth-order valence-electron chi connectivity index (χ4n) is 4.15. The molecule has 0 fully saturated rings. The molecule has 1 aliphatic rings. The van der Waals surface area contributed by atoms with Crippen molar-refractivity contribution < 1.29 is 14.3 Å². The van der Waals surface area contributed by atoms with Crippen LogP contribution in [0.1, 0.15) is 24.1 Å². The number of halogens is 1. The van der Waals surface area contributed by atoms with Gasteiger partial charge in [0.25, 0.3) is 5.91 Å². The van der Waals surface area contributed by atoms with Crippen LogP contribution < -0.4 is 20.1 Å². The van der Waals surface area contributed by atoms with Gasteiger partial charge in [0.2, 0.25) is 5.95 Å². The number of allylic oxidation sites excluding steroid dienone is 1. The zero-order valence-electron chi connectivity index (χ0n) is 19.7. The second-order valence-corrected chi connectivity index (χ2v) is 8.61. The quantitative estimate of drug-likeness (QED) is 0.350. The van der Waals surface area contributed by atoms with Crippen molar-refractivity contribution in [1.29, 1.82) is 0 Å². The second-order valence-electron chi connectivity index (χ2n) is 8.20. The Morgan fingerprint density at radius 1 is 1.08 bits per heavy atom. The van der Waals surface area contributed by atoms with E-state index in [9.17, 15) is 4.79 Å². The average Bonchev–Trinajstić information content (AvgIpc) is 3.36. The van der Waals surface area contributed by atoms with Crippen LogP contribution in [-0.4, -0.2) is 27.8 Å². The fraction of sp³-hybridized carbons (Fsp3) is 0.148. The van der Waals surface area contributed by atoms with Crippen LogP contribution in [0.2, 0.25) is 5.02 Å². The number of amides is 1. The molecular formula is C27H24ClN5O3. The van der Waals surface area contributed by atoms with Crippen molar-refractivity contribution in [3.63, 3.8) is 0 Å². The number of para-hydroxylation sites is 2. The smallest absolute Gasteiger partial charge is 0.255 e. The van der Waals surface area contributed by atoms with E-state index in [2.05, 4.69) is 20.7 Å². The predicted molar refractivity (Wildman–Crippen MR) is 138 cm³/mol. The normalized spacial score (nSPS) is 14.6. The Balaban J connectivity index is 1.42. The Hall–Kier alpha value is -4.30. The fourth-order valence-corrected chi connectivity index (χ4v) is 4.34. The maximum absolute atomic E-state index is 13.6. The molecule has 0 saturated carbocycles. The van der Waals surface area contributed by atoms with Crippen molar-refractivity contribution in [2.45, 2.75) is 19.6 Å². The molecule has 0 radical (unpaired) electrons. The third-order valence-electron chi connectivity index (χ3n) is 5.94. The van der Waals surface area contributed by atoms with Gasteiger partial charge in [-0.2, -0.15) is 10.1 Å². The van der Waals surface area contributed by atoms with Crippen LogP contribution in [0, 0.1) is 0 Å². The molecule has 5 rings (SSSR count). The van der Waals surface area contributed by atoms with Gasteiger partial charge in [0.1, 0.15) is 30.5 Å². The molecule has 1 amide bonds. The number of hydrogen-bond donors (Lipinski definition) is 2. The van der Waals surface area contributed by atoms with Crippen molar-refractivity contribution in [3.05, 3.63) is 107 Å². The summed E-state index contributed by atoms with van der Waals surface area (Å²) in [6.45, 7) is 2.20. The van der Waals surface area contributed by atoms with Gasteiger partial charge in [-0.3, -0.25) is 4.79 Å². The third-order valence-corrected chi connectivity index (χ3v) is 6.31. The molecule has 1 aliphatic heterocycles. The van der Waals surface area contributed by atoms with E-state index in [0.717, 1.165) is 11.1 Å². The number of carbonyl (C=O) groups excluding carboxylic acids is 1. The number of rotatable bonds is 7. The molecular weight excluding hydrogens is 478 g/mol. The van der Waals surface area contributed by atoms with Gasteiger partial charge < -0.3 is 20.1 Å². The first kappa shape index (κ1) is 23.4. The van der Waals surface area contributed by atoms with Gasteiger partial charge in [-0.05, 0) is 42.8 Å². The Morgan fingerprint density at radius 3 is 2.61 bits per heavy atom. The molecule has 8 nitrogen and oxygen atoms in total. The molecule has 36 heavy (non-hydrogen) atoms. The molecule has 0 saturated heterocycles. The van der Waals surface area contributed by atoms with Gasteiger partial charge in [0, 0.05) is 16.3 Å². The van der Waals surface area contributed by atoms with Crippen LogP contribution >= 0.6 is 11.6 Å². The maximum Gasteiger partial charge on any atom is 0.255 e. The van der Waals surface area contributed by atoms with E-state index in [1.165, 1.54) is 6.33 Å². The first-order chi connectivity index (χ1) is 17.5. The molecule has 9 heteroatoms. The number of anilines is 2. The van der Waals surface area contributed by atoms with Crippen LogP contribution in [0.25, 0.3) is 0 Å². The monoisotopic (exact) mass is 501 g/mol. The Morgan fingerprint density at radius 2 is 1.83 bits per heavy atom. The number of nitrogens with one attached hydrogen (secondary N) is 2. The highest BCUT2D eigenvalue weighted by Crippen LogP contribution is 2.36.